The molecule has 1 atom stereocenters. The zero-order valence-electron chi connectivity index (χ0n) is 10.7. The van der Waals surface area contributed by atoms with Crippen LogP contribution in [0, 0.1) is 17.2 Å². The fourth-order valence-electron chi connectivity index (χ4n) is 1.83. The third kappa shape index (κ3) is 4.44. The van der Waals surface area contributed by atoms with Crippen molar-refractivity contribution in [3.05, 3.63) is 24.0 Å². The highest BCUT2D eigenvalue weighted by Gasteiger charge is 2.07. The van der Waals surface area contributed by atoms with Crippen molar-refractivity contribution in [3.63, 3.8) is 0 Å². The first-order valence-corrected chi connectivity index (χ1v) is 6.39. The van der Waals surface area contributed by atoms with Crippen LogP contribution in [0.15, 0.2) is 18.5 Å². The van der Waals surface area contributed by atoms with Crippen LogP contribution in [-0.2, 0) is 0 Å². The third-order valence-corrected chi connectivity index (χ3v) is 3.07. The number of nitriles is 1. The summed E-state index contributed by atoms with van der Waals surface area (Å²) in [5.41, 5.74) is 1.52. The molecule has 1 aromatic heterocycles. The summed E-state index contributed by atoms with van der Waals surface area (Å²) in [7, 11) is 0. The minimum Gasteiger partial charge on any atom is -0.382 e. The first-order chi connectivity index (χ1) is 8.31. The van der Waals surface area contributed by atoms with E-state index in [-0.39, 0.29) is 0 Å². The molecule has 1 aromatic rings. The van der Waals surface area contributed by atoms with E-state index in [2.05, 4.69) is 30.2 Å². The van der Waals surface area contributed by atoms with Crippen LogP contribution in [0.3, 0.4) is 0 Å². The van der Waals surface area contributed by atoms with E-state index in [1.54, 1.807) is 18.5 Å². The van der Waals surface area contributed by atoms with Crippen LogP contribution in [0.25, 0.3) is 0 Å². The molecule has 0 amide bonds. The Morgan fingerprint density at radius 1 is 1.47 bits per heavy atom. The Morgan fingerprint density at radius 3 is 2.94 bits per heavy atom. The summed E-state index contributed by atoms with van der Waals surface area (Å²) in [6, 6.07) is 3.92. The molecule has 1 rings (SSSR count). The molecule has 0 saturated heterocycles. The second-order valence-corrected chi connectivity index (χ2v) is 4.33. The Labute approximate surface area is 104 Å². The van der Waals surface area contributed by atoms with E-state index < -0.39 is 0 Å². The number of pyridine rings is 1. The van der Waals surface area contributed by atoms with E-state index in [1.165, 1.54) is 25.7 Å². The smallest absolute Gasteiger partial charge is 0.101 e. The summed E-state index contributed by atoms with van der Waals surface area (Å²) in [6.45, 7) is 5.36. The van der Waals surface area contributed by atoms with Crippen molar-refractivity contribution in [2.75, 3.05) is 11.9 Å². The van der Waals surface area contributed by atoms with E-state index in [4.69, 9.17) is 5.26 Å². The van der Waals surface area contributed by atoms with Crippen molar-refractivity contribution in [3.8, 4) is 6.07 Å². The largest absolute Gasteiger partial charge is 0.382 e. The highest BCUT2D eigenvalue weighted by molar-refractivity contribution is 5.55. The summed E-state index contributed by atoms with van der Waals surface area (Å²) in [5, 5.41) is 12.3. The fourth-order valence-corrected chi connectivity index (χ4v) is 1.83. The Kier molecular flexibility index (Phi) is 6.09. The third-order valence-electron chi connectivity index (χ3n) is 3.07. The van der Waals surface area contributed by atoms with Gasteiger partial charge in [-0.15, -0.1) is 0 Å². The lowest BCUT2D eigenvalue weighted by atomic mass is 9.99. The molecular formula is C14H21N3. The molecule has 0 aliphatic heterocycles. The van der Waals surface area contributed by atoms with Crippen molar-refractivity contribution in [2.45, 2.75) is 39.5 Å². The number of nitrogens with one attached hydrogen (secondary N) is 1. The highest BCUT2D eigenvalue weighted by Crippen LogP contribution is 2.16. The van der Waals surface area contributed by atoms with Gasteiger partial charge in [0.05, 0.1) is 17.4 Å². The minimum atomic E-state index is 0.672. The van der Waals surface area contributed by atoms with Gasteiger partial charge in [0, 0.05) is 12.7 Å². The van der Waals surface area contributed by atoms with Gasteiger partial charge < -0.3 is 5.32 Å². The molecular weight excluding hydrogens is 210 g/mol. The van der Waals surface area contributed by atoms with Gasteiger partial charge in [-0.2, -0.15) is 5.26 Å². The molecule has 0 aromatic carbocycles. The van der Waals surface area contributed by atoms with Crippen molar-refractivity contribution >= 4 is 5.69 Å². The van der Waals surface area contributed by atoms with Gasteiger partial charge in [-0.05, 0) is 18.4 Å². The molecule has 0 bridgehead atoms. The number of anilines is 1. The number of hydrogen-bond donors (Lipinski definition) is 1. The molecule has 0 spiro atoms. The van der Waals surface area contributed by atoms with Crippen molar-refractivity contribution in [1.29, 1.82) is 5.26 Å². The lowest BCUT2D eigenvalue weighted by Gasteiger charge is -2.16. The van der Waals surface area contributed by atoms with Crippen LogP contribution >= 0.6 is 0 Å². The second kappa shape index (κ2) is 7.67. The van der Waals surface area contributed by atoms with E-state index in [0.717, 1.165) is 12.2 Å². The standard InChI is InChI=1S/C14H21N3/c1-3-5-6-12(4-2)10-17-14-11-16-8-7-13(14)9-15/h7-8,11-12,17H,3-6,10H2,1-2H3. The molecule has 0 radical (unpaired) electrons. The summed E-state index contributed by atoms with van der Waals surface area (Å²) in [6.07, 6.45) is 8.33. The molecule has 3 heteroatoms. The SMILES string of the molecule is CCCCC(CC)CNc1cnccc1C#N. The van der Waals surface area contributed by atoms with E-state index >= 15 is 0 Å². The highest BCUT2D eigenvalue weighted by atomic mass is 14.9. The normalized spacial score (nSPS) is 11.8. The second-order valence-electron chi connectivity index (χ2n) is 4.33. The first-order valence-electron chi connectivity index (χ1n) is 6.39. The molecule has 0 fully saturated rings. The lowest BCUT2D eigenvalue weighted by Crippen LogP contribution is -2.14. The quantitative estimate of drug-likeness (QED) is 0.780. The maximum absolute atomic E-state index is 8.96. The lowest BCUT2D eigenvalue weighted by molar-refractivity contribution is 0.472. The summed E-state index contributed by atoms with van der Waals surface area (Å²) < 4.78 is 0. The predicted molar refractivity (Wildman–Crippen MR) is 70.7 cm³/mol. The summed E-state index contributed by atoms with van der Waals surface area (Å²) >= 11 is 0. The zero-order chi connectivity index (χ0) is 12.5. The van der Waals surface area contributed by atoms with Gasteiger partial charge in [-0.3, -0.25) is 4.98 Å². The number of nitrogens with zero attached hydrogens (tertiary/aromatic N) is 2. The average molecular weight is 231 g/mol. The zero-order valence-corrected chi connectivity index (χ0v) is 10.7. The number of hydrogen-bond acceptors (Lipinski definition) is 3. The van der Waals surface area contributed by atoms with Crippen molar-refractivity contribution in [2.24, 2.45) is 5.92 Å². The van der Waals surface area contributed by atoms with E-state index in [1.807, 2.05) is 0 Å². The number of unbranched alkanes of at least 4 members (excludes halogenated alkanes) is 1. The molecule has 0 aliphatic carbocycles. The number of aromatic nitrogens is 1. The molecule has 0 saturated carbocycles. The van der Waals surface area contributed by atoms with Crippen LogP contribution < -0.4 is 5.32 Å². The maximum atomic E-state index is 8.96. The van der Waals surface area contributed by atoms with Gasteiger partial charge >= 0.3 is 0 Å². The molecule has 1 N–H and O–H groups in total. The Morgan fingerprint density at radius 2 is 2.29 bits per heavy atom. The van der Waals surface area contributed by atoms with Gasteiger partial charge in [0.15, 0.2) is 0 Å². The Hall–Kier alpha value is -1.56. The Balaban J connectivity index is 2.51. The first kappa shape index (κ1) is 13.5. The molecule has 1 heterocycles. The van der Waals surface area contributed by atoms with E-state index in [0.29, 0.717) is 11.5 Å². The van der Waals surface area contributed by atoms with Crippen LogP contribution in [0.5, 0.6) is 0 Å². The van der Waals surface area contributed by atoms with Crippen LogP contribution in [0.4, 0.5) is 5.69 Å². The molecule has 92 valence electrons. The molecule has 17 heavy (non-hydrogen) atoms. The van der Waals surface area contributed by atoms with Gasteiger partial charge in [0.1, 0.15) is 6.07 Å². The predicted octanol–water partition coefficient (Wildman–Crippen LogP) is 3.58. The molecule has 3 nitrogen and oxygen atoms in total. The van der Waals surface area contributed by atoms with Crippen LogP contribution in [0.2, 0.25) is 0 Å². The van der Waals surface area contributed by atoms with Gasteiger partial charge in [0.25, 0.3) is 0 Å². The fraction of sp³-hybridized carbons (Fsp3) is 0.571. The van der Waals surface area contributed by atoms with Gasteiger partial charge in [0.2, 0.25) is 0 Å². The average Bonchev–Trinajstić information content (AvgIpc) is 2.39. The molecule has 1 unspecified atom stereocenters. The number of rotatable bonds is 7. The van der Waals surface area contributed by atoms with E-state index in [9.17, 15) is 0 Å². The monoisotopic (exact) mass is 231 g/mol. The van der Waals surface area contributed by atoms with Crippen LogP contribution in [-0.4, -0.2) is 11.5 Å². The summed E-state index contributed by atoms with van der Waals surface area (Å²) in [4.78, 5) is 4.05. The maximum Gasteiger partial charge on any atom is 0.101 e. The summed E-state index contributed by atoms with van der Waals surface area (Å²) in [5.74, 6) is 0.682. The van der Waals surface area contributed by atoms with Crippen LogP contribution in [0.1, 0.15) is 45.1 Å². The van der Waals surface area contributed by atoms with Crippen molar-refractivity contribution in [1.82, 2.24) is 4.98 Å². The minimum absolute atomic E-state index is 0.672. The topological polar surface area (TPSA) is 48.7 Å². The van der Waals surface area contributed by atoms with Gasteiger partial charge in [-0.25, -0.2) is 0 Å². The van der Waals surface area contributed by atoms with Gasteiger partial charge in [-0.1, -0.05) is 33.1 Å². The van der Waals surface area contributed by atoms with Crippen molar-refractivity contribution < 1.29 is 0 Å². The molecule has 0 aliphatic rings. The Bertz CT molecular complexity index is 368.